The molecule has 2 N–H and O–H groups in total. The summed E-state index contributed by atoms with van der Waals surface area (Å²) in [6.07, 6.45) is -0.483. The zero-order chi connectivity index (χ0) is 19.3. The highest BCUT2D eigenvalue weighted by Crippen LogP contribution is 2.20. The highest BCUT2D eigenvalue weighted by atomic mass is 16.5. The first-order chi connectivity index (χ1) is 12.3. The van der Waals surface area contributed by atoms with Crippen LogP contribution in [0.4, 0.5) is 5.69 Å². The molecule has 6 heteroatoms. The predicted octanol–water partition coefficient (Wildman–Crippen LogP) is 1.64. The van der Waals surface area contributed by atoms with E-state index in [9.17, 15) is 9.90 Å². The van der Waals surface area contributed by atoms with Gasteiger partial charge in [-0.1, -0.05) is 18.2 Å². The minimum absolute atomic E-state index is 0.0228. The van der Waals surface area contributed by atoms with Gasteiger partial charge >= 0.3 is 0 Å². The number of β-amino-alcohol motifs (C(OH)–C–C–N with tert-alkyl or cyclic N) is 1. The second-order valence-electron chi connectivity index (χ2n) is 7.51. The second-order valence-corrected chi connectivity index (χ2v) is 7.51. The van der Waals surface area contributed by atoms with Crippen LogP contribution in [0, 0.1) is 13.8 Å². The summed E-state index contributed by atoms with van der Waals surface area (Å²) in [6, 6.07) is 6.57. The number of aryl methyl sites for hydroxylation is 2. The lowest BCUT2D eigenvalue weighted by Gasteiger charge is -2.44. The summed E-state index contributed by atoms with van der Waals surface area (Å²) in [6.45, 7) is 11.3. The fourth-order valence-corrected chi connectivity index (χ4v) is 3.84. The number of ether oxygens (including phenoxy) is 1. The average molecular weight is 364 g/mol. The molecule has 0 saturated carbocycles. The summed E-state index contributed by atoms with van der Waals surface area (Å²) in [7, 11) is 1.60. The van der Waals surface area contributed by atoms with Gasteiger partial charge in [-0.3, -0.25) is 14.6 Å². The minimum Gasteiger partial charge on any atom is -0.389 e. The summed E-state index contributed by atoms with van der Waals surface area (Å²) < 4.78 is 5.03. The average Bonchev–Trinajstić information content (AvgIpc) is 2.55. The summed E-state index contributed by atoms with van der Waals surface area (Å²) in [5, 5.41) is 13.1. The van der Waals surface area contributed by atoms with E-state index in [0.29, 0.717) is 19.7 Å². The van der Waals surface area contributed by atoms with Crippen molar-refractivity contribution < 1.29 is 14.6 Å². The van der Waals surface area contributed by atoms with Crippen molar-refractivity contribution in [1.29, 1.82) is 0 Å². The number of nitrogens with zero attached hydrogens (tertiary/aromatic N) is 2. The van der Waals surface area contributed by atoms with Gasteiger partial charge in [-0.25, -0.2) is 0 Å². The Balaban J connectivity index is 1.90. The Morgan fingerprint density at radius 3 is 2.38 bits per heavy atom. The Bertz CT molecular complexity index is 576. The Morgan fingerprint density at radius 2 is 1.85 bits per heavy atom. The van der Waals surface area contributed by atoms with E-state index in [1.54, 1.807) is 7.11 Å². The van der Waals surface area contributed by atoms with E-state index in [0.717, 1.165) is 29.9 Å². The van der Waals surface area contributed by atoms with Gasteiger partial charge in [0.15, 0.2) is 0 Å². The maximum absolute atomic E-state index is 12.5. The molecule has 0 aromatic heterocycles. The lowest BCUT2D eigenvalue weighted by Crippen LogP contribution is -2.59. The van der Waals surface area contributed by atoms with E-state index >= 15 is 0 Å². The van der Waals surface area contributed by atoms with Crippen LogP contribution < -0.4 is 5.32 Å². The number of aliphatic hydroxyl groups is 1. The van der Waals surface area contributed by atoms with Gasteiger partial charge in [-0.2, -0.15) is 0 Å². The van der Waals surface area contributed by atoms with Gasteiger partial charge in [0, 0.05) is 44.5 Å². The number of benzene rings is 1. The number of hydrogen-bond acceptors (Lipinski definition) is 5. The largest absolute Gasteiger partial charge is 0.389 e. The fraction of sp³-hybridized carbons (Fsp3) is 0.650. The smallest absolute Gasteiger partial charge is 0.238 e. The van der Waals surface area contributed by atoms with Crippen LogP contribution in [0.1, 0.15) is 25.0 Å². The molecule has 1 aliphatic heterocycles. The Hall–Kier alpha value is -1.47. The predicted molar refractivity (Wildman–Crippen MR) is 104 cm³/mol. The van der Waals surface area contributed by atoms with Crippen molar-refractivity contribution in [2.45, 2.75) is 45.9 Å². The lowest BCUT2D eigenvalue weighted by atomic mass is 10.1. The molecular weight excluding hydrogens is 330 g/mol. The molecule has 2 rings (SSSR count). The number of hydrogen-bond donors (Lipinski definition) is 2. The molecule has 0 radical (unpaired) electrons. The van der Waals surface area contributed by atoms with E-state index in [1.807, 2.05) is 32.0 Å². The number of piperazine rings is 1. The van der Waals surface area contributed by atoms with Crippen molar-refractivity contribution in [3.63, 3.8) is 0 Å². The monoisotopic (exact) mass is 363 g/mol. The molecule has 1 aliphatic rings. The maximum Gasteiger partial charge on any atom is 0.238 e. The Morgan fingerprint density at radius 1 is 1.27 bits per heavy atom. The van der Waals surface area contributed by atoms with Gasteiger partial charge < -0.3 is 15.2 Å². The van der Waals surface area contributed by atoms with Crippen molar-refractivity contribution in [1.82, 2.24) is 9.80 Å². The summed E-state index contributed by atoms with van der Waals surface area (Å²) in [5.41, 5.74) is 3.08. The minimum atomic E-state index is -0.483. The van der Waals surface area contributed by atoms with Crippen LogP contribution in [0.15, 0.2) is 18.2 Å². The first-order valence-corrected chi connectivity index (χ1v) is 9.33. The van der Waals surface area contributed by atoms with E-state index in [1.165, 1.54) is 0 Å². The van der Waals surface area contributed by atoms with Gasteiger partial charge in [-0.15, -0.1) is 0 Å². The van der Waals surface area contributed by atoms with Gasteiger partial charge in [0.05, 0.1) is 19.3 Å². The van der Waals surface area contributed by atoms with Gasteiger partial charge in [0.2, 0.25) is 5.91 Å². The molecule has 0 aliphatic carbocycles. The fourth-order valence-electron chi connectivity index (χ4n) is 3.84. The van der Waals surface area contributed by atoms with Crippen LogP contribution in [0.25, 0.3) is 0 Å². The summed E-state index contributed by atoms with van der Waals surface area (Å²) in [4.78, 5) is 17.0. The third-order valence-corrected chi connectivity index (χ3v) is 5.07. The SMILES string of the molecule is COCC(O)CN1C(C)CN(CC(=O)Nc2c(C)cccc2C)CC1C. The molecule has 1 aromatic rings. The molecular formula is C20H33N3O3. The number of carbonyl (C=O) groups excluding carboxylic acids is 1. The molecule has 1 saturated heterocycles. The van der Waals surface area contributed by atoms with Crippen LogP contribution in [0.2, 0.25) is 0 Å². The number of nitrogens with one attached hydrogen (secondary N) is 1. The zero-order valence-electron chi connectivity index (χ0n) is 16.7. The normalized spacial score (nSPS) is 23.0. The van der Waals surface area contributed by atoms with Crippen LogP contribution in [0.3, 0.4) is 0 Å². The standard InChI is InChI=1S/C20H33N3O3/c1-14-7-6-8-15(2)20(14)21-19(25)12-22-9-16(3)23(17(4)10-22)11-18(24)13-26-5/h6-8,16-18,24H,9-13H2,1-5H3,(H,21,25). The van der Waals surface area contributed by atoms with E-state index < -0.39 is 6.10 Å². The molecule has 1 heterocycles. The molecule has 6 nitrogen and oxygen atoms in total. The highest BCUT2D eigenvalue weighted by Gasteiger charge is 2.31. The number of amides is 1. The van der Waals surface area contributed by atoms with Crippen LogP contribution >= 0.6 is 0 Å². The van der Waals surface area contributed by atoms with Crippen molar-refractivity contribution in [2.75, 3.05) is 45.2 Å². The van der Waals surface area contributed by atoms with Crippen LogP contribution in [0.5, 0.6) is 0 Å². The second kappa shape index (κ2) is 9.46. The van der Waals surface area contributed by atoms with Crippen molar-refractivity contribution in [2.24, 2.45) is 0 Å². The van der Waals surface area contributed by atoms with Gasteiger partial charge in [0.25, 0.3) is 0 Å². The van der Waals surface area contributed by atoms with Gasteiger partial charge in [0.1, 0.15) is 0 Å². The number of para-hydroxylation sites is 1. The molecule has 0 bridgehead atoms. The number of aliphatic hydroxyl groups excluding tert-OH is 1. The molecule has 1 amide bonds. The van der Waals surface area contributed by atoms with E-state index in [-0.39, 0.29) is 18.0 Å². The van der Waals surface area contributed by atoms with Crippen LogP contribution in [-0.4, -0.2) is 78.9 Å². The lowest BCUT2D eigenvalue weighted by molar-refractivity contribution is -0.118. The summed E-state index contributed by atoms with van der Waals surface area (Å²) in [5.74, 6) is 0.0228. The summed E-state index contributed by atoms with van der Waals surface area (Å²) >= 11 is 0. The van der Waals surface area contributed by atoms with Crippen molar-refractivity contribution >= 4 is 11.6 Å². The number of rotatable bonds is 7. The van der Waals surface area contributed by atoms with Gasteiger partial charge in [-0.05, 0) is 38.8 Å². The first kappa shape index (κ1) is 20.8. The molecule has 1 aromatic carbocycles. The quantitative estimate of drug-likeness (QED) is 0.771. The van der Waals surface area contributed by atoms with Crippen molar-refractivity contribution in [3.8, 4) is 0 Å². The molecule has 3 atom stereocenters. The topological polar surface area (TPSA) is 65.0 Å². The Kier molecular flexibility index (Phi) is 7.58. The highest BCUT2D eigenvalue weighted by molar-refractivity contribution is 5.93. The number of anilines is 1. The number of carbonyl (C=O) groups is 1. The van der Waals surface area contributed by atoms with E-state index in [4.69, 9.17) is 4.74 Å². The van der Waals surface area contributed by atoms with E-state index in [2.05, 4.69) is 29.0 Å². The van der Waals surface area contributed by atoms with Crippen LogP contribution in [-0.2, 0) is 9.53 Å². The Labute approximate surface area is 157 Å². The zero-order valence-corrected chi connectivity index (χ0v) is 16.7. The molecule has 146 valence electrons. The van der Waals surface area contributed by atoms with Crippen molar-refractivity contribution in [3.05, 3.63) is 29.3 Å². The molecule has 1 fully saturated rings. The first-order valence-electron chi connectivity index (χ1n) is 9.33. The number of methoxy groups -OCH3 is 1. The molecule has 3 unspecified atom stereocenters. The third-order valence-electron chi connectivity index (χ3n) is 5.07. The molecule has 26 heavy (non-hydrogen) atoms. The molecule has 0 spiro atoms. The third kappa shape index (κ3) is 5.51. The maximum atomic E-state index is 12.5.